The van der Waals surface area contributed by atoms with Crippen LogP contribution < -0.4 is 0 Å². The van der Waals surface area contributed by atoms with Crippen molar-refractivity contribution in [1.82, 2.24) is 10.1 Å². The highest BCUT2D eigenvalue weighted by molar-refractivity contribution is 4.56. The Kier molecular flexibility index (Phi) is 70.7. The van der Waals surface area contributed by atoms with Gasteiger partial charge >= 0.3 is 0 Å². The van der Waals surface area contributed by atoms with Crippen molar-refractivity contribution in [3.63, 3.8) is 0 Å². The molecule has 0 rings (SSSR count). The summed E-state index contributed by atoms with van der Waals surface area (Å²) < 4.78 is 0. The summed E-state index contributed by atoms with van der Waals surface area (Å²) in [5.74, 6) is 0. The van der Waals surface area contributed by atoms with Crippen molar-refractivity contribution >= 4 is 0 Å². The first-order valence-corrected chi connectivity index (χ1v) is 33.5. The number of nitrogens with zero attached hydrogens (tertiary/aromatic N) is 2. The number of hydrogen-bond acceptors (Lipinski definition) is 4. The van der Waals surface area contributed by atoms with E-state index in [4.69, 9.17) is 0 Å². The minimum atomic E-state index is 0.871. The molecular weight excluding hydrogens is 853 g/mol. The topological polar surface area (TPSA) is 46.9 Å². The highest BCUT2D eigenvalue weighted by Gasteiger charge is 2.03. The molecular formula is C66H138N2O2. The highest BCUT2D eigenvalue weighted by atomic mass is 16.5. The van der Waals surface area contributed by atoms with E-state index in [-0.39, 0.29) is 0 Å². The van der Waals surface area contributed by atoms with E-state index in [9.17, 15) is 10.4 Å². The zero-order valence-corrected chi connectivity index (χ0v) is 49.6. The summed E-state index contributed by atoms with van der Waals surface area (Å²) in [7, 11) is 0. The molecule has 0 aliphatic rings. The summed E-state index contributed by atoms with van der Waals surface area (Å²) >= 11 is 0. The standard InChI is InChI=1S/C36H75NO.C30H63NO/c1-3-5-7-9-11-13-15-17-19-21-23-25-27-29-31-33-35-37(38)36-34-32-30-28-26-24-22-20-18-16-14-12-10-8-6-4-2;1-3-5-7-9-11-13-15-17-18-20-22-24-26-28-30-31(32)29-27-25-23-21-19-16-14-12-10-8-6-4-2/h38H,3-36H2,1-2H3;32H,3-30H2,1-2H3. The lowest BCUT2D eigenvalue weighted by molar-refractivity contribution is -0.0926. The Morgan fingerprint density at radius 1 is 0.143 bits per heavy atom. The van der Waals surface area contributed by atoms with Crippen LogP contribution in [-0.2, 0) is 0 Å². The van der Waals surface area contributed by atoms with Crippen LogP contribution in [0.3, 0.4) is 0 Å². The van der Waals surface area contributed by atoms with Gasteiger partial charge in [-0.05, 0) is 25.7 Å². The highest BCUT2D eigenvalue weighted by Crippen LogP contribution is 2.18. The van der Waals surface area contributed by atoms with Crippen LogP contribution in [0.25, 0.3) is 0 Å². The first-order valence-electron chi connectivity index (χ1n) is 33.5. The molecule has 0 aliphatic carbocycles. The molecule has 0 atom stereocenters. The Bertz CT molecular complexity index is 818. The minimum absolute atomic E-state index is 0.871. The largest absolute Gasteiger partial charge is 0.314 e. The van der Waals surface area contributed by atoms with Gasteiger partial charge in [-0.1, -0.05) is 374 Å². The molecule has 0 amide bonds. The van der Waals surface area contributed by atoms with E-state index < -0.39 is 0 Å². The van der Waals surface area contributed by atoms with Crippen molar-refractivity contribution in [3.8, 4) is 0 Å². The normalized spacial score (nSPS) is 11.7. The van der Waals surface area contributed by atoms with Crippen LogP contribution in [0.2, 0.25) is 0 Å². The fourth-order valence-corrected chi connectivity index (χ4v) is 10.5. The maximum atomic E-state index is 10.1. The minimum Gasteiger partial charge on any atom is -0.314 e. The molecule has 0 aromatic heterocycles. The third-order valence-corrected chi connectivity index (χ3v) is 15.6. The smallest absolute Gasteiger partial charge is 0.0238 e. The summed E-state index contributed by atoms with van der Waals surface area (Å²) in [6.45, 7) is 12.7. The summed E-state index contributed by atoms with van der Waals surface area (Å²) in [6, 6.07) is 0. The molecule has 0 aliphatic heterocycles. The van der Waals surface area contributed by atoms with E-state index in [0.717, 1.165) is 51.9 Å². The number of rotatable bonds is 62. The predicted molar refractivity (Wildman–Crippen MR) is 317 cm³/mol. The number of hydrogen-bond donors (Lipinski definition) is 2. The first kappa shape index (κ1) is 71.9. The van der Waals surface area contributed by atoms with Crippen molar-refractivity contribution in [2.45, 2.75) is 400 Å². The van der Waals surface area contributed by atoms with Crippen molar-refractivity contribution in [3.05, 3.63) is 0 Å². The van der Waals surface area contributed by atoms with Crippen molar-refractivity contribution < 1.29 is 10.4 Å². The van der Waals surface area contributed by atoms with Gasteiger partial charge in [0.2, 0.25) is 0 Å². The lowest BCUT2D eigenvalue weighted by Crippen LogP contribution is -2.21. The summed E-state index contributed by atoms with van der Waals surface area (Å²) in [5.41, 5.74) is 0. The molecule has 0 aromatic carbocycles. The zero-order chi connectivity index (χ0) is 51.0. The predicted octanol–water partition coefficient (Wildman–Crippen LogP) is 24.1. The van der Waals surface area contributed by atoms with Crippen LogP contribution in [0.15, 0.2) is 0 Å². The van der Waals surface area contributed by atoms with Gasteiger partial charge in [-0.2, -0.15) is 10.1 Å². The lowest BCUT2D eigenvalue weighted by atomic mass is 10.0. The monoisotopic (exact) mass is 991 g/mol. The fourth-order valence-electron chi connectivity index (χ4n) is 10.5. The Morgan fingerprint density at radius 3 is 0.329 bits per heavy atom. The first-order chi connectivity index (χ1) is 34.6. The van der Waals surface area contributed by atoms with Gasteiger partial charge in [-0.25, -0.2) is 0 Å². The van der Waals surface area contributed by atoms with Gasteiger partial charge < -0.3 is 10.4 Å². The van der Waals surface area contributed by atoms with Crippen molar-refractivity contribution in [2.24, 2.45) is 0 Å². The second-order valence-electron chi connectivity index (χ2n) is 23.0. The second-order valence-corrected chi connectivity index (χ2v) is 23.0. The lowest BCUT2D eigenvalue weighted by Gasteiger charge is -2.14. The molecule has 0 saturated heterocycles. The Balaban J connectivity index is 0. The summed E-state index contributed by atoms with van der Waals surface area (Å²) in [6.07, 6.45) is 81.0. The van der Waals surface area contributed by atoms with Crippen LogP contribution in [0.5, 0.6) is 0 Å². The van der Waals surface area contributed by atoms with E-state index in [1.807, 2.05) is 0 Å². The van der Waals surface area contributed by atoms with Gasteiger partial charge in [-0.15, -0.1) is 0 Å². The molecule has 0 spiro atoms. The molecule has 4 heteroatoms. The van der Waals surface area contributed by atoms with Gasteiger partial charge in [0.05, 0.1) is 0 Å². The van der Waals surface area contributed by atoms with Crippen LogP contribution in [-0.4, -0.2) is 46.7 Å². The molecule has 0 heterocycles. The Labute approximate surface area is 444 Å². The molecule has 0 fully saturated rings. The van der Waals surface area contributed by atoms with E-state index in [2.05, 4.69) is 27.7 Å². The molecule has 0 radical (unpaired) electrons. The molecule has 0 bridgehead atoms. The molecule has 2 N–H and O–H groups in total. The average molecular weight is 992 g/mol. The maximum Gasteiger partial charge on any atom is 0.0238 e. The quantitative estimate of drug-likeness (QED) is 0.0471. The zero-order valence-electron chi connectivity index (χ0n) is 49.6. The molecule has 0 unspecified atom stereocenters. The van der Waals surface area contributed by atoms with Gasteiger partial charge in [0.1, 0.15) is 0 Å². The Hall–Kier alpha value is -0.160. The summed E-state index contributed by atoms with van der Waals surface area (Å²) in [5, 5.41) is 23.3. The molecule has 424 valence electrons. The van der Waals surface area contributed by atoms with Gasteiger partial charge in [0.25, 0.3) is 0 Å². The molecule has 70 heavy (non-hydrogen) atoms. The van der Waals surface area contributed by atoms with Crippen LogP contribution in [0.4, 0.5) is 0 Å². The molecule has 0 aromatic rings. The fraction of sp³-hybridized carbons (Fsp3) is 1.00. The van der Waals surface area contributed by atoms with E-state index in [1.54, 1.807) is 10.1 Å². The van der Waals surface area contributed by atoms with Crippen molar-refractivity contribution in [2.75, 3.05) is 26.2 Å². The third-order valence-electron chi connectivity index (χ3n) is 15.6. The van der Waals surface area contributed by atoms with Crippen LogP contribution in [0.1, 0.15) is 400 Å². The van der Waals surface area contributed by atoms with Gasteiger partial charge in [0, 0.05) is 26.2 Å². The molecule has 4 nitrogen and oxygen atoms in total. The van der Waals surface area contributed by atoms with E-state index in [0.29, 0.717) is 0 Å². The number of unbranched alkanes of at least 4 members (excludes halogenated alkanes) is 54. The van der Waals surface area contributed by atoms with E-state index >= 15 is 0 Å². The second kappa shape index (κ2) is 68.8. The van der Waals surface area contributed by atoms with Crippen LogP contribution in [0, 0.1) is 0 Å². The molecule has 0 saturated carbocycles. The van der Waals surface area contributed by atoms with E-state index in [1.165, 1.54) is 347 Å². The van der Waals surface area contributed by atoms with Crippen LogP contribution >= 0.6 is 0 Å². The van der Waals surface area contributed by atoms with Gasteiger partial charge in [-0.3, -0.25) is 0 Å². The van der Waals surface area contributed by atoms with Gasteiger partial charge in [0.15, 0.2) is 0 Å². The SMILES string of the molecule is CCCCCCCCCCCCCCCCCCN(O)CCCCCCCCCCCCCCCCCC.CCCCCCCCCCCCCCCCN(O)CCCCCCCCCCCCCC. The summed E-state index contributed by atoms with van der Waals surface area (Å²) in [4.78, 5) is 0. The average Bonchev–Trinajstić information content (AvgIpc) is 3.36. The maximum absolute atomic E-state index is 10.1. The number of hydroxylamine groups is 4. The Morgan fingerprint density at radius 2 is 0.229 bits per heavy atom. The third kappa shape index (κ3) is 69.9. The van der Waals surface area contributed by atoms with Crippen molar-refractivity contribution in [1.29, 1.82) is 0 Å².